The van der Waals surface area contributed by atoms with E-state index in [0.717, 1.165) is 0 Å². The van der Waals surface area contributed by atoms with Gasteiger partial charge in [0.15, 0.2) is 0 Å². The predicted octanol–water partition coefficient (Wildman–Crippen LogP) is -1.94. The van der Waals surface area contributed by atoms with Gasteiger partial charge < -0.3 is 132 Å². The molecule has 0 radical (unpaired) electrons. The van der Waals surface area contributed by atoms with E-state index in [0.29, 0.717) is 34.9 Å². The minimum atomic E-state index is -1.86. The lowest BCUT2D eigenvalue weighted by atomic mass is 9.97. The number of para-hydroxylation sites is 1. The Balaban J connectivity index is 1.45. The highest BCUT2D eigenvalue weighted by atomic mass is 32.2. The Morgan fingerprint density at radius 3 is 1.28 bits per heavy atom. The molecule has 1 saturated heterocycles. The number of aromatic nitrogens is 1. The van der Waals surface area contributed by atoms with E-state index < -0.39 is 290 Å². The third kappa shape index (κ3) is 44.0. The highest BCUT2D eigenvalue weighted by molar-refractivity contribution is 7.98. The van der Waals surface area contributed by atoms with Gasteiger partial charge in [-0.3, -0.25) is 101 Å². The van der Waals surface area contributed by atoms with Gasteiger partial charge >= 0.3 is 17.9 Å². The van der Waals surface area contributed by atoms with Gasteiger partial charge in [0.2, 0.25) is 112 Å². The maximum atomic E-state index is 14.7. The van der Waals surface area contributed by atoms with Crippen molar-refractivity contribution in [2.75, 3.05) is 56.0 Å². The van der Waals surface area contributed by atoms with Crippen LogP contribution in [-0.2, 0) is 118 Å². The molecule has 1 aromatic heterocycles. The van der Waals surface area contributed by atoms with Crippen LogP contribution in [0.3, 0.4) is 0 Å². The van der Waals surface area contributed by atoms with Gasteiger partial charge in [0, 0.05) is 48.7 Å². The van der Waals surface area contributed by atoms with Gasteiger partial charge in [0.05, 0.1) is 32.2 Å². The molecular formula is C98H153N21O26S3. The molecule has 47 nitrogen and oxygen atoms in total. The van der Waals surface area contributed by atoms with Crippen molar-refractivity contribution >= 4 is 177 Å². The van der Waals surface area contributed by atoms with Crippen LogP contribution in [0.15, 0.2) is 60.8 Å². The molecule has 1 aliphatic heterocycles. The Morgan fingerprint density at radius 1 is 0.419 bits per heavy atom. The fraction of sp³-hybridized carbons (Fsp3) is 0.633. The van der Waals surface area contributed by atoms with E-state index in [9.17, 15) is 126 Å². The number of hydrogen-bond donors (Lipinski definition) is 25. The molecule has 3 aromatic rings. The minimum Gasteiger partial charge on any atom is -0.481 e. The summed E-state index contributed by atoms with van der Waals surface area (Å²) in [6.45, 7) is 22.2. The zero-order chi connectivity index (χ0) is 111. The first-order valence-corrected chi connectivity index (χ1v) is 53.0. The van der Waals surface area contributed by atoms with Gasteiger partial charge in [-0.1, -0.05) is 138 Å². The first kappa shape index (κ1) is 128. The van der Waals surface area contributed by atoms with Crippen molar-refractivity contribution in [3.63, 3.8) is 0 Å². The number of nitrogens with one attached hydrogen (secondary N) is 19. The Hall–Kier alpha value is -12.7. The lowest BCUT2D eigenvalue weighted by Crippen LogP contribution is -2.61. The number of thioether (sulfide) groups is 2. The van der Waals surface area contributed by atoms with Crippen molar-refractivity contribution in [3.8, 4) is 0 Å². The third-order valence-corrected chi connectivity index (χ3v) is 25.8. The van der Waals surface area contributed by atoms with Crippen LogP contribution in [0.5, 0.6) is 0 Å². The molecule has 2 aromatic carbocycles. The number of carboxylic acids is 3. The number of aliphatic carboxylic acids is 3. The number of thiol groups is 1. The number of carboxylic acid groups (broad SMARTS) is 3. The van der Waals surface area contributed by atoms with Crippen LogP contribution < -0.4 is 101 Å². The van der Waals surface area contributed by atoms with Crippen molar-refractivity contribution in [2.24, 2.45) is 41.2 Å². The van der Waals surface area contributed by atoms with E-state index in [-0.39, 0.29) is 105 Å². The number of aromatic amines is 1. The number of aliphatic hydroxyl groups is 1. The molecule has 25 N–H and O–H groups in total. The highest BCUT2D eigenvalue weighted by Gasteiger charge is 2.43. The van der Waals surface area contributed by atoms with Gasteiger partial charge in [-0.25, -0.2) is 4.79 Å². The fourth-order valence-electron chi connectivity index (χ4n) is 15.6. The van der Waals surface area contributed by atoms with E-state index in [1.54, 1.807) is 143 Å². The van der Waals surface area contributed by atoms with E-state index in [2.05, 4.69) is 113 Å². The number of rotatable bonds is 66. The number of nitrogens with two attached hydrogens (primary N) is 1. The molecular weight excluding hydrogens is 1980 g/mol. The van der Waals surface area contributed by atoms with Crippen molar-refractivity contribution in [3.05, 3.63) is 71.9 Å². The second kappa shape index (κ2) is 64.5. The van der Waals surface area contributed by atoms with E-state index in [1.165, 1.54) is 49.2 Å². The normalized spacial score (nSPS) is 16.0. The lowest BCUT2D eigenvalue weighted by Gasteiger charge is -2.29. The number of nitrogens with zero attached hydrogens (tertiary/aromatic N) is 1. The number of fused-ring (bicyclic) bond motifs is 1. The first-order chi connectivity index (χ1) is 69.7. The Kier molecular flexibility index (Phi) is 55.6. The van der Waals surface area contributed by atoms with Crippen LogP contribution in [0.25, 0.3) is 10.9 Å². The van der Waals surface area contributed by atoms with E-state index in [4.69, 9.17) is 5.73 Å². The zero-order valence-electron chi connectivity index (χ0n) is 87.0. The summed E-state index contributed by atoms with van der Waals surface area (Å²) < 4.78 is 0. The highest BCUT2D eigenvalue weighted by Crippen LogP contribution is 2.24. The number of hydrogen-bond acceptors (Lipinski definition) is 27. The van der Waals surface area contributed by atoms with Crippen molar-refractivity contribution < 1.29 is 126 Å². The molecule has 824 valence electrons. The number of aliphatic hydroxyl groups excluding tert-OH is 1. The average molecular weight is 2140 g/mol. The summed E-state index contributed by atoms with van der Waals surface area (Å²) in [6.07, 6.45) is 3.04. The molecule has 19 atom stereocenters. The van der Waals surface area contributed by atoms with Crippen LogP contribution in [0, 0.1) is 35.5 Å². The molecule has 148 heavy (non-hydrogen) atoms. The van der Waals surface area contributed by atoms with Crippen LogP contribution in [-0.4, -0.2) is 325 Å². The van der Waals surface area contributed by atoms with Crippen molar-refractivity contribution in [1.29, 1.82) is 0 Å². The minimum absolute atomic E-state index is 0.0307. The molecule has 0 aliphatic carbocycles. The summed E-state index contributed by atoms with van der Waals surface area (Å²) in [5.74, 6) is -23.5. The molecule has 0 saturated carbocycles. The maximum Gasteiger partial charge on any atom is 0.326 e. The van der Waals surface area contributed by atoms with Crippen LogP contribution in [0.1, 0.15) is 192 Å². The largest absolute Gasteiger partial charge is 0.481 e. The monoisotopic (exact) mass is 2140 g/mol. The number of benzene rings is 2. The van der Waals surface area contributed by atoms with E-state index >= 15 is 0 Å². The van der Waals surface area contributed by atoms with Crippen LogP contribution >= 0.6 is 36.2 Å². The molecule has 1 fully saturated rings. The predicted molar refractivity (Wildman–Crippen MR) is 555 cm³/mol. The second-order valence-corrected chi connectivity index (χ2v) is 41.2. The summed E-state index contributed by atoms with van der Waals surface area (Å²) in [5.41, 5.74) is 7.61. The molecule has 0 unspecified atom stereocenters. The number of likely N-dealkylation sites (tertiary alicyclic amines) is 1. The Labute approximate surface area is 875 Å². The fourth-order valence-corrected chi connectivity index (χ4v) is 16.8. The molecule has 4 rings (SSSR count). The van der Waals surface area contributed by atoms with Gasteiger partial charge in [-0.2, -0.15) is 36.2 Å². The SMILES string of the molecule is CC[C@H](C)[C@H](NC(=O)[C@H](C)NC(=O)[C@@H](N)C(C)C)C(=O)N[C@@H](CC(=O)O)C(=O)N[C@@H](CCSC)C(=O)N[C@@H](Cc1c[nH]c2ccccc12)C(=O)N[C@@H](CO)C(=O)N[C@@H](CC(C)C)C(=O)NCC(=O)N[C@@H](CS)C(=O)N[C@@H](CCSC)C(=O)N[C@@H](C)C(=O)N[C@@H](C)C(=O)N[C@@H](CCC(=O)O)C(=O)N[C@@H](CC(C)C)C(=O)N[C@@H](Cc1ccccc1)C(=O)N[C@@H](CC(C)C)C(=O)NCC(=O)N[C@@H](CC(C)C)C(=O)N1CCC[C@H]1C(=O)O. The number of H-pyrrole nitrogens is 1. The Morgan fingerprint density at radius 2 is 0.804 bits per heavy atom. The van der Waals surface area contributed by atoms with Gasteiger partial charge in [-0.15, -0.1) is 0 Å². The quantitative estimate of drug-likeness (QED) is 0.0273. The molecule has 0 bridgehead atoms. The zero-order valence-corrected chi connectivity index (χ0v) is 89.6. The molecule has 50 heteroatoms. The molecule has 1 aliphatic rings. The summed E-state index contributed by atoms with van der Waals surface area (Å²) in [7, 11) is 0. The first-order valence-electron chi connectivity index (χ1n) is 49.6. The number of amides is 19. The maximum absolute atomic E-state index is 14.7. The number of carbonyl (C=O) groups excluding carboxylic acids is 19. The smallest absolute Gasteiger partial charge is 0.326 e. The summed E-state index contributed by atoms with van der Waals surface area (Å²) in [6, 6.07) is -10.5. The summed E-state index contributed by atoms with van der Waals surface area (Å²) >= 11 is 6.79. The van der Waals surface area contributed by atoms with Crippen molar-refractivity contribution in [1.82, 2.24) is 106 Å². The van der Waals surface area contributed by atoms with Crippen LogP contribution in [0.2, 0.25) is 0 Å². The molecule has 0 spiro atoms. The van der Waals surface area contributed by atoms with E-state index in [1.807, 2.05) is 13.8 Å². The molecule has 19 amide bonds. The summed E-state index contributed by atoms with van der Waals surface area (Å²) in [5, 5.41) is 86.3. The summed E-state index contributed by atoms with van der Waals surface area (Å²) in [4.78, 5) is 307. The molecule has 2 heterocycles. The van der Waals surface area contributed by atoms with Gasteiger partial charge in [0.1, 0.15) is 103 Å². The van der Waals surface area contributed by atoms with Crippen LogP contribution in [0.4, 0.5) is 0 Å². The third-order valence-electron chi connectivity index (χ3n) is 24.2. The number of carbonyl (C=O) groups is 22. The second-order valence-electron chi connectivity index (χ2n) is 38.9. The van der Waals surface area contributed by atoms with Gasteiger partial charge in [0.25, 0.3) is 0 Å². The van der Waals surface area contributed by atoms with Crippen molar-refractivity contribution in [2.45, 2.75) is 303 Å². The lowest BCUT2D eigenvalue weighted by molar-refractivity contribution is -0.149. The van der Waals surface area contributed by atoms with Gasteiger partial charge in [-0.05, 0) is 155 Å². The topological polar surface area (TPSA) is 718 Å². The Bertz CT molecular complexity index is 5030. The standard InChI is InChI=1S/C98H153N21O26S3/c1-18-54(12)80(118-83(129)57(15)105-95(141)79(99)53(10)11)96(142)116-70(43-78(125)126)92(138)109-64(33-36-148-17)88(134)115-69(42-59-44-100-61-28-23-22-27-60(59)61)91(137)117-72(47-120)93(139)112-66(38-50(4)5)85(131)102-46-76(122)107-73(48-146)94(140)110-63(32-35-147-16)86(132)104-55(13)81(127)103-56(14)82(128)108-62(30-31-77(123)124)87(133)113-67(39-51(6)7)89(135)114-68(41-58-25-20-19-21-26-58)90(136)111-65(37-49(2)3)84(130)101-45-75(121)106-71(40-52(8)9)97(143)119-34-24-29-74(119)98(144)145/h19-23,25-28,44,49-57,62-74,79-80,100,120,146H,18,24,29-43,45-48,99H2,1-17H3,(H,101,130)(H,102,131)(H,103,127)(H,104,132)(H,105,141)(H,106,121)(H,107,122)(H,108,128)(H,109,138)(H,110,140)(H,111,136)(H,112,139)(H,113,133)(H,114,135)(H,115,134)(H,116,142)(H,117,137)(H,118,129)(H,123,124)(H,125,126)(H,144,145)/t54-,55-,56-,57-,62-,63-,64-,65-,66-,67-,68-,69-,70-,71-,72-,73-,74-,79-,80-/m0/s1. The average Bonchev–Trinajstić information content (AvgIpc) is 1.63.